The number of aromatic nitrogens is 5. The zero-order valence-electron chi connectivity index (χ0n) is 19.4. The van der Waals surface area contributed by atoms with Crippen LogP contribution in [0.2, 0.25) is 0 Å². The van der Waals surface area contributed by atoms with Gasteiger partial charge in [-0.1, -0.05) is 11.3 Å². The molecule has 1 saturated heterocycles. The molecule has 5 heterocycles. The highest BCUT2D eigenvalue weighted by Crippen LogP contribution is 2.37. The monoisotopic (exact) mass is 509 g/mol. The van der Waals surface area contributed by atoms with Crippen molar-refractivity contribution < 1.29 is 13.6 Å². The summed E-state index contributed by atoms with van der Waals surface area (Å²) in [5.41, 5.74) is 4.07. The Morgan fingerprint density at radius 3 is 2.83 bits per heavy atom. The van der Waals surface area contributed by atoms with Crippen molar-refractivity contribution in [2.75, 3.05) is 30.4 Å². The van der Waals surface area contributed by atoms with Crippen molar-refractivity contribution in [1.82, 2.24) is 30.1 Å². The van der Waals surface area contributed by atoms with E-state index in [0.29, 0.717) is 33.5 Å². The number of alkyl halides is 2. The number of carbonyl (C=O) groups excluding carboxylic acids is 1. The fourth-order valence-corrected chi connectivity index (χ4v) is 5.10. The van der Waals surface area contributed by atoms with Crippen molar-refractivity contribution in [3.8, 4) is 28.0 Å². The molecule has 0 saturated carbocycles. The molecule has 13 heteroatoms. The number of nitrogens with zero attached hydrogens (tertiary/aromatic N) is 7. The molecule has 0 radical (unpaired) electrons. The smallest absolute Gasteiger partial charge is 0.285 e. The normalized spacial score (nSPS) is 17.1. The number of halogens is 2. The summed E-state index contributed by atoms with van der Waals surface area (Å²) in [5, 5.41) is 28.2. The first-order valence-electron chi connectivity index (χ1n) is 11.1. The fraction of sp³-hybridized carbons (Fsp3) is 0.304. The van der Waals surface area contributed by atoms with E-state index in [1.165, 1.54) is 29.4 Å². The van der Waals surface area contributed by atoms with Crippen molar-refractivity contribution in [1.29, 1.82) is 5.26 Å². The van der Waals surface area contributed by atoms with Crippen LogP contribution in [-0.2, 0) is 4.79 Å². The molecular formula is C23H21F2N9OS. The van der Waals surface area contributed by atoms with Crippen LogP contribution < -0.4 is 15.5 Å². The molecule has 1 aliphatic heterocycles. The van der Waals surface area contributed by atoms with E-state index < -0.39 is 24.4 Å². The molecule has 1 fully saturated rings. The van der Waals surface area contributed by atoms with Crippen molar-refractivity contribution in [2.45, 2.75) is 25.3 Å². The quantitative estimate of drug-likeness (QED) is 0.420. The second-order valence-electron chi connectivity index (χ2n) is 8.39. The molecule has 4 aromatic rings. The first kappa shape index (κ1) is 23.6. The lowest BCUT2D eigenvalue weighted by Gasteiger charge is -2.38. The molecule has 184 valence electrons. The molecular weight excluding hydrogens is 488 g/mol. The first-order valence-corrected chi connectivity index (χ1v) is 11.9. The molecule has 0 aromatic carbocycles. The summed E-state index contributed by atoms with van der Waals surface area (Å²) in [6.45, 7) is 1.01. The Bertz CT molecular complexity index is 1490. The van der Waals surface area contributed by atoms with E-state index >= 15 is 0 Å². The van der Waals surface area contributed by atoms with Crippen LogP contribution in [-0.4, -0.2) is 62.8 Å². The molecule has 2 N–H and O–H groups in total. The lowest BCUT2D eigenvalue weighted by Crippen LogP contribution is -2.58. The zero-order valence-corrected chi connectivity index (χ0v) is 20.2. The third-order valence-electron chi connectivity index (χ3n) is 5.96. The summed E-state index contributed by atoms with van der Waals surface area (Å²) in [6.07, 6.45) is 3.26. The van der Waals surface area contributed by atoms with Crippen molar-refractivity contribution >= 4 is 33.6 Å². The van der Waals surface area contributed by atoms with E-state index in [4.69, 9.17) is 5.26 Å². The number of nitrogens with one attached hydrogen (secondary N) is 2. The van der Waals surface area contributed by atoms with Gasteiger partial charge in [0, 0.05) is 32.4 Å². The molecule has 0 unspecified atom stereocenters. The number of piperidine rings is 1. The molecule has 0 bridgehead atoms. The summed E-state index contributed by atoms with van der Waals surface area (Å²) < 4.78 is 30.9. The number of hydrogen-bond donors (Lipinski definition) is 2. The number of amides is 1. The lowest BCUT2D eigenvalue weighted by atomic mass is 10.0. The minimum Gasteiger partial charge on any atom is -0.387 e. The van der Waals surface area contributed by atoms with Gasteiger partial charge in [0.1, 0.15) is 6.07 Å². The van der Waals surface area contributed by atoms with Crippen LogP contribution in [0.5, 0.6) is 0 Å². The number of fused-ring (bicyclic) bond motifs is 1. The summed E-state index contributed by atoms with van der Waals surface area (Å²) >= 11 is 1.20. The van der Waals surface area contributed by atoms with Gasteiger partial charge in [-0.05, 0) is 30.7 Å². The first-order chi connectivity index (χ1) is 17.3. The molecule has 36 heavy (non-hydrogen) atoms. The Hall–Kier alpha value is -4.18. The van der Waals surface area contributed by atoms with Crippen molar-refractivity contribution in [3.05, 3.63) is 42.2 Å². The Morgan fingerprint density at radius 2 is 2.11 bits per heavy atom. The number of carbonyl (C=O) groups is 1. The topological polar surface area (TPSA) is 124 Å². The van der Waals surface area contributed by atoms with Gasteiger partial charge >= 0.3 is 0 Å². The molecule has 5 rings (SSSR count). The van der Waals surface area contributed by atoms with Gasteiger partial charge in [0.05, 0.1) is 46.8 Å². The maximum absolute atomic E-state index is 14.6. The molecule has 10 nitrogen and oxygen atoms in total. The summed E-state index contributed by atoms with van der Waals surface area (Å²) in [6, 6.07) is 8.21. The zero-order chi connectivity index (χ0) is 25.4. The molecule has 0 spiro atoms. The van der Waals surface area contributed by atoms with Crippen molar-refractivity contribution in [2.24, 2.45) is 0 Å². The number of anilines is 2. The summed E-state index contributed by atoms with van der Waals surface area (Å²) in [7, 11) is 1.77. The SMILES string of the molecule is CNc1cc(-c2ccc3cc(C#N)cnn23)ncc1-c1nnc(N2CC[C@@H](NC(C)=O)C(F)(F)C2)s1. The second-order valence-corrected chi connectivity index (χ2v) is 9.35. The van der Waals surface area contributed by atoms with Gasteiger partial charge in [0.15, 0.2) is 5.01 Å². The van der Waals surface area contributed by atoms with E-state index in [1.54, 1.807) is 23.8 Å². The van der Waals surface area contributed by atoms with Gasteiger partial charge < -0.3 is 15.5 Å². The molecule has 4 aromatic heterocycles. The molecule has 1 aliphatic rings. The second kappa shape index (κ2) is 9.12. The maximum Gasteiger partial charge on any atom is 0.285 e. The number of nitriles is 1. The highest BCUT2D eigenvalue weighted by Gasteiger charge is 2.45. The minimum atomic E-state index is -3.09. The summed E-state index contributed by atoms with van der Waals surface area (Å²) in [5.74, 6) is -3.56. The van der Waals surface area contributed by atoms with Crippen molar-refractivity contribution in [3.63, 3.8) is 0 Å². The summed E-state index contributed by atoms with van der Waals surface area (Å²) in [4.78, 5) is 17.3. The third kappa shape index (κ3) is 4.31. The van der Waals surface area contributed by atoms with Crippen LogP contribution in [0.15, 0.2) is 36.7 Å². The van der Waals surface area contributed by atoms with Crippen LogP contribution in [0.25, 0.3) is 27.5 Å². The minimum absolute atomic E-state index is 0.106. The van der Waals surface area contributed by atoms with Gasteiger partial charge in [0.25, 0.3) is 5.92 Å². The average Bonchev–Trinajstić information content (AvgIpc) is 3.51. The van der Waals surface area contributed by atoms with E-state index in [-0.39, 0.29) is 6.42 Å². The van der Waals surface area contributed by atoms with Crippen LogP contribution in [0.1, 0.15) is 18.9 Å². The van der Waals surface area contributed by atoms with E-state index in [0.717, 1.165) is 16.9 Å². The maximum atomic E-state index is 14.6. The Kier molecular flexibility index (Phi) is 5.97. The van der Waals surface area contributed by atoms with Crippen LogP contribution in [0.4, 0.5) is 19.6 Å². The Balaban J connectivity index is 1.41. The molecule has 0 aliphatic carbocycles. The number of rotatable bonds is 5. The standard InChI is InChI=1S/C23H21F2N9OS/c1-13(35)30-20-5-6-33(12-23(20,24)25)22-32-31-21(36-22)16-11-28-18(8-17(16)27-2)19-4-3-15-7-14(9-26)10-29-34(15)19/h3-4,7-8,10-11,20H,5-6,12H2,1-2H3,(H,27,28)(H,30,35)/t20-/m1/s1. The highest BCUT2D eigenvalue weighted by molar-refractivity contribution is 7.18. The fourth-order valence-electron chi connectivity index (χ4n) is 4.21. The Labute approximate surface area is 208 Å². The van der Waals surface area contributed by atoms with Gasteiger partial charge in [-0.15, -0.1) is 10.2 Å². The predicted octanol–water partition coefficient (Wildman–Crippen LogP) is 3.18. The van der Waals surface area contributed by atoms with E-state index in [1.807, 2.05) is 18.2 Å². The Morgan fingerprint density at radius 1 is 1.28 bits per heavy atom. The molecule has 1 amide bonds. The van der Waals surface area contributed by atoms with Crippen LogP contribution in [0, 0.1) is 11.3 Å². The van der Waals surface area contributed by atoms with E-state index in [9.17, 15) is 13.6 Å². The van der Waals surface area contributed by atoms with Gasteiger partial charge in [-0.3, -0.25) is 9.78 Å². The predicted molar refractivity (Wildman–Crippen MR) is 131 cm³/mol. The van der Waals surface area contributed by atoms with Crippen LogP contribution in [0.3, 0.4) is 0 Å². The highest BCUT2D eigenvalue weighted by atomic mass is 32.1. The van der Waals surface area contributed by atoms with Crippen LogP contribution >= 0.6 is 11.3 Å². The largest absolute Gasteiger partial charge is 0.387 e. The van der Waals surface area contributed by atoms with Gasteiger partial charge in [0.2, 0.25) is 11.0 Å². The van der Waals surface area contributed by atoms with E-state index in [2.05, 4.69) is 37.0 Å². The molecule has 1 atom stereocenters. The number of hydrogen-bond acceptors (Lipinski definition) is 9. The third-order valence-corrected chi connectivity index (χ3v) is 6.97. The average molecular weight is 510 g/mol. The van der Waals surface area contributed by atoms with Gasteiger partial charge in [-0.25, -0.2) is 13.3 Å². The van der Waals surface area contributed by atoms with Gasteiger partial charge in [-0.2, -0.15) is 10.4 Å². The number of pyridine rings is 1. The lowest BCUT2D eigenvalue weighted by molar-refractivity contribution is -0.124.